The lowest BCUT2D eigenvalue weighted by Gasteiger charge is -2.22. The van der Waals surface area contributed by atoms with Crippen molar-refractivity contribution in [3.63, 3.8) is 0 Å². The minimum Gasteiger partial charge on any atom is -0.325 e. The molecule has 5 heteroatoms. The van der Waals surface area contributed by atoms with Crippen LogP contribution >= 0.6 is 0 Å². The second-order valence-electron chi connectivity index (χ2n) is 8.39. The summed E-state index contributed by atoms with van der Waals surface area (Å²) in [6, 6.07) is 23.2. The molecule has 1 aliphatic heterocycles. The molecule has 0 unspecified atom stereocenters. The van der Waals surface area contributed by atoms with Crippen molar-refractivity contribution < 1.29 is 4.39 Å². The second kappa shape index (κ2) is 7.78. The van der Waals surface area contributed by atoms with Crippen molar-refractivity contribution in [3.8, 4) is 22.5 Å². The van der Waals surface area contributed by atoms with Crippen LogP contribution in [-0.4, -0.2) is 21.5 Å². The summed E-state index contributed by atoms with van der Waals surface area (Å²) in [5.74, 6) is 1.29. The molecule has 4 nitrogen and oxygen atoms in total. The standard InChI is InChI=1S/C28H21FN4/c1-18-4-5-20-12-14-33(26(20)15-18)28-24-16-21(19-6-9-23(29)10-7-19)8-11-25(24)31-27(32-28)22-3-2-13-30-17-22/h2-11,13,15-17H,12,14H2,1H3. The molecule has 0 radical (unpaired) electrons. The number of rotatable bonds is 3. The lowest BCUT2D eigenvalue weighted by atomic mass is 10.0. The summed E-state index contributed by atoms with van der Waals surface area (Å²) in [7, 11) is 0. The number of aryl methyl sites for hydroxylation is 1. The van der Waals surface area contributed by atoms with Gasteiger partial charge in [0.15, 0.2) is 5.82 Å². The lowest BCUT2D eigenvalue weighted by molar-refractivity contribution is 0.628. The molecule has 0 spiro atoms. The van der Waals surface area contributed by atoms with Crippen LogP contribution < -0.4 is 4.90 Å². The van der Waals surface area contributed by atoms with E-state index < -0.39 is 0 Å². The Hall–Kier alpha value is -4.12. The van der Waals surface area contributed by atoms with Crippen LogP contribution in [0.3, 0.4) is 0 Å². The number of aromatic nitrogens is 3. The highest BCUT2D eigenvalue weighted by Crippen LogP contribution is 2.39. The van der Waals surface area contributed by atoms with Crippen LogP contribution in [0.4, 0.5) is 15.9 Å². The number of anilines is 2. The van der Waals surface area contributed by atoms with Crippen molar-refractivity contribution in [1.82, 2.24) is 15.0 Å². The van der Waals surface area contributed by atoms with Gasteiger partial charge in [-0.1, -0.05) is 30.3 Å². The van der Waals surface area contributed by atoms with Gasteiger partial charge >= 0.3 is 0 Å². The molecule has 0 bridgehead atoms. The fourth-order valence-corrected chi connectivity index (χ4v) is 4.47. The van der Waals surface area contributed by atoms with Crippen LogP contribution in [0.1, 0.15) is 11.1 Å². The van der Waals surface area contributed by atoms with Gasteiger partial charge in [-0.05, 0) is 78.1 Å². The first-order chi connectivity index (χ1) is 16.2. The molecule has 0 saturated carbocycles. The smallest absolute Gasteiger partial charge is 0.163 e. The summed E-state index contributed by atoms with van der Waals surface area (Å²) in [4.78, 5) is 16.5. The topological polar surface area (TPSA) is 41.9 Å². The monoisotopic (exact) mass is 432 g/mol. The molecule has 160 valence electrons. The third-order valence-electron chi connectivity index (χ3n) is 6.16. The molecule has 0 N–H and O–H groups in total. The quantitative estimate of drug-likeness (QED) is 0.326. The number of fused-ring (bicyclic) bond motifs is 2. The van der Waals surface area contributed by atoms with Crippen LogP contribution in [0.5, 0.6) is 0 Å². The SMILES string of the molecule is Cc1ccc2c(c1)N(c1nc(-c3cccnc3)nc3ccc(-c4ccc(F)cc4)cc13)CC2. The number of hydrogen-bond acceptors (Lipinski definition) is 4. The van der Waals surface area contributed by atoms with Crippen molar-refractivity contribution in [1.29, 1.82) is 0 Å². The van der Waals surface area contributed by atoms with E-state index in [4.69, 9.17) is 9.97 Å². The van der Waals surface area contributed by atoms with Gasteiger partial charge in [0, 0.05) is 35.6 Å². The van der Waals surface area contributed by atoms with E-state index in [1.165, 1.54) is 28.9 Å². The molecule has 0 aliphatic carbocycles. The Morgan fingerprint density at radius 1 is 0.848 bits per heavy atom. The van der Waals surface area contributed by atoms with Crippen LogP contribution in [0.25, 0.3) is 33.4 Å². The highest BCUT2D eigenvalue weighted by Gasteiger charge is 2.24. The van der Waals surface area contributed by atoms with E-state index in [-0.39, 0.29) is 5.82 Å². The van der Waals surface area contributed by atoms with Gasteiger partial charge in [0.25, 0.3) is 0 Å². The first-order valence-corrected chi connectivity index (χ1v) is 11.0. The molecular weight excluding hydrogens is 411 g/mol. The van der Waals surface area contributed by atoms with E-state index in [2.05, 4.69) is 41.1 Å². The Balaban J connectivity index is 1.58. The highest BCUT2D eigenvalue weighted by atomic mass is 19.1. The van der Waals surface area contributed by atoms with E-state index >= 15 is 0 Å². The van der Waals surface area contributed by atoms with Gasteiger partial charge in [-0.25, -0.2) is 14.4 Å². The number of benzene rings is 3. The average Bonchev–Trinajstić information content (AvgIpc) is 3.27. The Labute approximate surface area is 191 Å². The van der Waals surface area contributed by atoms with Gasteiger partial charge in [-0.3, -0.25) is 4.98 Å². The number of halogens is 1. The molecule has 5 aromatic rings. The summed E-state index contributed by atoms with van der Waals surface area (Å²) in [6.07, 6.45) is 4.51. The maximum Gasteiger partial charge on any atom is 0.163 e. The fraction of sp³-hybridized carbons (Fsp3) is 0.107. The summed E-state index contributed by atoms with van der Waals surface area (Å²) in [5, 5.41) is 0.971. The molecule has 2 aromatic heterocycles. The number of pyridine rings is 1. The summed E-state index contributed by atoms with van der Waals surface area (Å²) in [5.41, 5.74) is 7.45. The number of nitrogens with zero attached hydrogens (tertiary/aromatic N) is 4. The Morgan fingerprint density at radius 3 is 2.52 bits per heavy atom. The maximum atomic E-state index is 13.5. The molecule has 6 rings (SSSR count). The van der Waals surface area contributed by atoms with E-state index in [1.54, 1.807) is 24.5 Å². The van der Waals surface area contributed by atoms with Gasteiger partial charge in [0.1, 0.15) is 11.6 Å². The van der Waals surface area contributed by atoms with E-state index in [1.807, 2.05) is 24.3 Å². The summed E-state index contributed by atoms with van der Waals surface area (Å²) >= 11 is 0. The van der Waals surface area contributed by atoms with Crippen LogP contribution in [-0.2, 0) is 6.42 Å². The van der Waals surface area contributed by atoms with Crippen molar-refractivity contribution in [3.05, 3.63) is 102 Å². The molecule has 33 heavy (non-hydrogen) atoms. The predicted molar refractivity (Wildman–Crippen MR) is 130 cm³/mol. The highest BCUT2D eigenvalue weighted by molar-refractivity contribution is 5.96. The Morgan fingerprint density at radius 2 is 1.70 bits per heavy atom. The normalized spacial score (nSPS) is 12.8. The van der Waals surface area contributed by atoms with E-state index in [0.717, 1.165) is 46.4 Å². The zero-order valence-corrected chi connectivity index (χ0v) is 18.2. The largest absolute Gasteiger partial charge is 0.325 e. The van der Waals surface area contributed by atoms with Gasteiger partial charge in [0.05, 0.1) is 5.52 Å². The molecule has 0 atom stereocenters. The summed E-state index contributed by atoms with van der Waals surface area (Å²) < 4.78 is 13.5. The van der Waals surface area contributed by atoms with Crippen LogP contribution in [0.2, 0.25) is 0 Å². The average molecular weight is 433 g/mol. The van der Waals surface area contributed by atoms with Gasteiger partial charge in [0.2, 0.25) is 0 Å². The van der Waals surface area contributed by atoms with Crippen molar-refractivity contribution in [2.45, 2.75) is 13.3 Å². The minimum absolute atomic E-state index is 0.242. The number of hydrogen-bond donors (Lipinski definition) is 0. The maximum absolute atomic E-state index is 13.5. The lowest BCUT2D eigenvalue weighted by Crippen LogP contribution is -2.16. The van der Waals surface area contributed by atoms with Crippen molar-refractivity contribution in [2.75, 3.05) is 11.4 Å². The van der Waals surface area contributed by atoms with E-state index in [0.29, 0.717) is 5.82 Å². The molecule has 3 aromatic carbocycles. The predicted octanol–water partition coefficient (Wildman–Crippen LogP) is 6.50. The van der Waals surface area contributed by atoms with Gasteiger partial charge < -0.3 is 4.90 Å². The first kappa shape index (κ1) is 19.6. The molecular formula is C28H21FN4. The Bertz CT molecular complexity index is 1480. The van der Waals surface area contributed by atoms with Crippen LogP contribution in [0.15, 0.2) is 85.2 Å². The Kier molecular flexibility index (Phi) is 4.61. The second-order valence-corrected chi connectivity index (χ2v) is 8.39. The van der Waals surface area contributed by atoms with Crippen LogP contribution in [0, 0.1) is 12.7 Å². The van der Waals surface area contributed by atoms with E-state index in [9.17, 15) is 4.39 Å². The van der Waals surface area contributed by atoms with Crippen molar-refractivity contribution >= 4 is 22.4 Å². The third kappa shape index (κ3) is 3.52. The molecule has 1 aliphatic rings. The molecule has 3 heterocycles. The molecule has 0 amide bonds. The fourth-order valence-electron chi connectivity index (χ4n) is 4.47. The first-order valence-electron chi connectivity index (χ1n) is 11.0. The van der Waals surface area contributed by atoms with Gasteiger partial charge in [-0.15, -0.1) is 0 Å². The summed E-state index contributed by atoms with van der Waals surface area (Å²) in [6.45, 7) is 2.97. The minimum atomic E-state index is -0.242. The van der Waals surface area contributed by atoms with Gasteiger partial charge in [-0.2, -0.15) is 0 Å². The molecule has 0 saturated heterocycles. The zero-order valence-electron chi connectivity index (χ0n) is 18.2. The third-order valence-corrected chi connectivity index (χ3v) is 6.16. The molecule has 0 fully saturated rings. The zero-order chi connectivity index (χ0) is 22.4. The van der Waals surface area contributed by atoms with Crippen molar-refractivity contribution in [2.24, 2.45) is 0 Å².